The zero-order valence-electron chi connectivity index (χ0n) is 11.7. The Morgan fingerprint density at radius 2 is 1.72 bits per heavy atom. The summed E-state index contributed by atoms with van der Waals surface area (Å²) in [6, 6.07) is 10.8. The number of aryl methyl sites for hydroxylation is 1. The minimum absolute atomic E-state index is 0.124. The van der Waals surface area contributed by atoms with E-state index in [4.69, 9.17) is 0 Å². The Morgan fingerprint density at radius 3 is 2.17 bits per heavy atom. The van der Waals surface area contributed by atoms with E-state index in [0.29, 0.717) is 0 Å². The first-order chi connectivity index (χ1) is 8.41. The minimum atomic E-state index is 0.124. The van der Waals surface area contributed by atoms with Gasteiger partial charge in [-0.15, -0.1) is 11.8 Å². The van der Waals surface area contributed by atoms with Crippen molar-refractivity contribution in [3.63, 3.8) is 0 Å². The summed E-state index contributed by atoms with van der Waals surface area (Å²) in [5.74, 6) is 0. The molecule has 96 valence electrons. The highest BCUT2D eigenvalue weighted by Crippen LogP contribution is 2.27. The van der Waals surface area contributed by atoms with E-state index < -0.39 is 0 Å². The molecule has 1 aromatic carbocycles. The Labute approximate surface area is 113 Å². The van der Waals surface area contributed by atoms with Gasteiger partial charge in [-0.1, -0.05) is 32.9 Å². The molecule has 0 unspecified atom stereocenters. The molecule has 0 amide bonds. The first kappa shape index (κ1) is 13.2. The van der Waals surface area contributed by atoms with Gasteiger partial charge in [0.2, 0.25) is 0 Å². The molecule has 3 heteroatoms. The van der Waals surface area contributed by atoms with Crippen molar-refractivity contribution in [1.82, 2.24) is 9.78 Å². The minimum Gasteiger partial charge on any atom is -0.272 e. The van der Waals surface area contributed by atoms with Crippen molar-refractivity contribution in [2.24, 2.45) is 7.05 Å². The van der Waals surface area contributed by atoms with Crippen LogP contribution >= 0.6 is 11.8 Å². The van der Waals surface area contributed by atoms with Gasteiger partial charge in [0, 0.05) is 28.6 Å². The van der Waals surface area contributed by atoms with Gasteiger partial charge in [0.1, 0.15) is 0 Å². The summed E-state index contributed by atoms with van der Waals surface area (Å²) >= 11 is 1.76. The lowest BCUT2D eigenvalue weighted by Gasteiger charge is -2.17. The van der Waals surface area contributed by atoms with Gasteiger partial charge in [-0.2, -0.15) is 5.10 Å². The van der Waals surface area contributed by atoms with Crippen LogP contribution in [0.5, 0.6) is 0 Å². The lowest BCUT2D eigenvalue weighted by Crippen LogP contribution is -2.16. The number of thioether (sulfide) groups is 1. The summed E-state index contributed by atoms with van der Waals surface area (Å²) in [7, 11) is 2.01. The Bertz CT molecular complexity index is 533. The molecular weight excluding hydrogens is 240 g/mol. The summed E-state index contributed by atoms with van der Waals surface area (Å²) in [6.07, 6.45) is 2.09. The Kier molecular flexibility index (Phi) is 3.53. The van der Waals surface area contributed by atoms with E-state index in [0.717, 1.165) is 5.69 Å². The fraction of sp³-hybridized carbons (Fsp3) is 0.400. The van der Waals surface area contributed by atoms with Crippen molar-refractivity contribution < 1.29 is 0 Å². The molecule has 0 bridgehead atoms. The smallest absolute Gasteiger partial charge is 0.0926 e. The Morgan fingerprint density at radius 1 is 1.11 bits per heavy atom. The summed E-state index contributed by atoms with van der Waals surface area (Å²) in [5.41, 5.74) is 3.61. The number of aromatic nitrogens is 2. The number of nitrogens with zero attached hydrogens (tertiary/aromatic N) is 2. The highest BCUT2D eigenvalue weighted by molar-refractivity contribution is 7.98. The number of rotatable bonds is 2. The van der Waals surface area contributed by atoms with Gasteiger partial charge < -0.3 is 0 Å². The molecule has 0 fully saturated rings. The van der Waals surface area contributed by atoms with Crippen LogP contribution in [-0.4, -0.2) is 16.0 Å². The first-order valence-corrected chi connectivity index (χ1v) is 7.33. The van der Waals surface area contributed by atoms with E-state index in [2.05, 4.69) is 62.5 Å². The summed E-state index contributed by atoms with van der Waals surface area (Å²) in [5, 5.41) is 4.61. The van der Waals surface area contributed by atoms with Crippen LogP contribution in [0.3, 0.4) is 0 Å². The molecule has 0 aliphatic heterocycles. The molecule has 0 N–H and O–H groups in total. The van der Waals surface area contributed by atoms with Crippen LogP contribution in [-0.2, 0) is 12.5 Å². The predicted octanol–water partition coefficient (Wildman–Crippen LogP) is 4.11. The molecule has 2 rings (SSSR count). The molecule has 0 aliphatic carbocycles. The quantitative estimate of drug-likeness (QED) is 0.756. The van der Waals surface area contributed by atoms with Crippen LogP contribution in [0.2, 0.25) is 0 Å². The van der Waals surface area contributed by atoms with Crippen molar-refractivity contribution in [3.05, 3.63) is 36.0 Å². The van der Waals surface area contributed by atoms with E-state index in [1.165, 1.54) is 16.2 Å². The number of hydrogen-bond acceptors (Lipinski definition) is 2. The zero-order valence-corrected chi connectivity index (χ0v) is 12.5. The first-order valence-electron chi connectivity index (χ1n) is 6.11. The van der Waals surface area contributed by atoms with Gasteiger partial charge in [0.25, 0.3) is 0 Å². The molecule has 0 spiro atoms. The summed E-state index contributed by atoms with van der Waals surface area (Å²) < 4.78 is 1.98. The second-order valence-corrected chi connectivity index (χ2v) is 6.40. The van der Waals surface area contributed by atoms with Gasteiger partial charge >= 0.3 is 0 Å². The molecule has 0 saturated carbocycles. The van der Waals surface area contributed by atoms with Crippen LogP contribution in [0, 0.1) is 0 Å². The van der Waals surface area contributed by atoms with Gasteiger partial charge in [-0.25, -0.2) is 0 Å². The molecule has 2 nitrogen and oxygen atoms in total. The molecule has 0 aliphatic rings. The molecule has 2 aromatic rings. The number of hydrogen-bond donors (Lipinski definition) is 0. The second kappa shape index (κ2) is 4.81. The van der Waals surface area contributed by atoms with E-state index in [1.807, 2.05) is 11.7 Å². The highest BCUT2D eigenvalue weighted by Gasteiger charge is 2.19. The standard InChI is InChI=1S/C15H20N2S/c1-15(2,3)14-10-13(16-17(14)4)11-6-8-12(18-5)9-7-11/h6-10H,1-5H3. The average Bonchev–Trinajstić information content (AvgIpc) is 2.71. The maximum atomic E-state index is 4.61. The lowest BCUT2D eigenvalue weighted by molar-refractivity contribution is 0.523. The molecule has 0 atom stereocenters. The normalized spacial score (nSPS) is 11.8. The third kappa shape index (κ3) is 2.61. The van der Waals surface area contributed by atoms with E-state index >= 15 is 0 Å². The predicted molar refractivity (Wildman–Crippen MR) is 79.1 cm³/mol. The van der Waals surface area contributed by atoms with Crippen LogP contribution in [0.1, 0.15) is 26.5 Å². The maximum Gasteiger partial charge on any atom is 0.0926 e. The van der Waals surface area contributed by atoms with E-state index in [1.54, 1.807) is 11.8 Å². The maximum absolute atomic E-state index is 4.61. The van der Waals surface area contributed by atoms with Crippen LogP contribution in [0.15, 0.2) is 35.2 Å². The Balaban J connectivity index is 2.39. The molecule has 1 aromatic heterocycles. The van der Waals surface area contributed by atoms with Crippen molar-refractivity contribution >= 4 is 11.8 Å². The zero-order chi connectivity index (χ0) is 13.3. The van der Waals surface area contributed by atoms with Crippen LogP contribution in [0.25, 0.3) is 11.3 Å². The molecular formula is C15H20N2S. The van der Waals surface area contributed by atoms with Crippen LogP contribution in [0.4, 0.5) is 0 Å². The van der Waals surface area contributed by atoms with Gasteiger partial charge in [0.05, 0.1) is 5.69 Å². The van der Waals surface area contributed by atoms with Gasteiger partial charge in [-0.05, 0) is 24.5 Å². The van der Waals surface area contributed by atoms with Crippen molar-refractivity contribution in [2.75, 3.05) is 6.26 Å². The lowest BCUT2D eigenvalue weighted by atomic mass is 9.91. The van der Waals surface area contributed by atoms with Crippen molar-refractivity contribution in [2.45, 2.75) is 31.1 Å². The molecule has 0 radical (unpaired) electrons. The third-order valence-corrected chi connectivity index (χ3v) is 3.78. The monoisotopic (exact) mass is 260 g/mol. The van der Waals surface area contributed by atoms with Gasteiger partial charge in [-0.3, -0.25) is 4.68 Å². The van der Waals surface area contributed by atoms with Crippen LogP contribution < -0.4 is 0 Å². The van der Waals surface area contributed by atoms with Crippen molar-refractivity contribution in [1.29, 1.82) is 0 Å². The highest BCUT2D eigenvalue weighted by atomic mass is 32.2. The Hall–Kier alpha value is -1.22. The SMILES string of the molecule is CSc1ccc(-c2cc(C(C)(C)C)n(C)n2)cc1. The number of benzene rings is 1. The molecule has 0 saturated heterocycles. The van der Waals surface area contributed by atoms with Crippen molar-refractivity contribution in [3.8, 4) is 11.3 Å². The average molecular weight is 260 g/mol. The fourth-order valence-electron chi connectivity index (χ4n) is 2.07. The summed E-state index contributed by atoms with van der Waals surface area (Å²) in [4.78, 5) is 1.28. The second-order valence-electron chi connectivity index (χ2n) is 5.52. The molecule has 1 heterocycles. The van der Waals surface area contributed by atoms with Gasteiger partial charge in [0.15, 0.2) is 0 Å². The summed E-state index contributed by atoms with van der Waals surface area (Å²) in [6.45, 7) is 6.64. The largest absolute Gasteiger partial charge is 0.272 e. The van der Waals surface area contributed by atoms with E-state index in [-0.39, 0.29) is 5.41 Å². The third-order valence-electron chi connectivity index (χ3n) is 3.03. The fourth-order valence-corrected chi connectivity index (χ4v) is 2.48. The van der Waals surface area contributed by atoms with E-state index in [9.17, 15) is 0 Å². The molecule has 18 heavy (non-hydrogen) atoms. The topological polar surface area (TPSA) is 17.8 Å².